The van der Waals surface area contributed by atoms with Crippen molar-refractivity contribution in [3.05, 3.63) is 44.4 Å². The average molecular weight is 490 g/mol. The van der Waals surface area contributed by atoms with Crippen LogP contribution in [0.25, 0.3) is 16.7 Å². The molecule has 0 unspecified atom stereocenters. The first-order chi connectivity index (χ1) is 15.6. The summed E-state index contributed by atoms with van der Waals surface area (Å²) >= 11 is 12.7. The zero-order valence-corrected chi connectivity index (χ0v) is 21.2. The predicted octanol–water partition coefficient (Wildman–Crippen LogP) is 4.31. The molecule has 0 aromatic carbocycles. The summed E-state index contributed by atoms with van der Waals surface area (Å²) in [5.74, 6) is 0.672. The van der Waals surface area contributed by atoms with E-state index in [-0.39, 0.29) is 29.1 Å². The Labute approximate surface area is 203 Å². The van der Waals surface area contributed by atoms with E-state index < -0.39 is 5.69 Å². The second-order valence-corrected chi connectivity index (χ2v) is 10.1. The summed E-state index contributed by atoms with van der Waals surface area (Å²) in [6.07, 6.45) is 1.55. The first-order valence-corrected chi connectivity index (χ1v) is 12.0. The van der Waals surface area contributed by atoms with Gasteiger partial charge in [0.15, 0.2) is 5.65 Å². The number of hydrogen-bond acceptors (Lipinski definition) is 7. The molecule has 1 aliphatic rings. The van der Waals surface area contributed by atoms with E-state index in [0.717, 1.165) is 11.4 Å². The first kappa shape index (κ1) is 23.9. The summed E-state index contributed by atoms with van der Waals surface area (Å²) in [7, 11) is 0. The Kier molecular flexibility index (Phi) is 6.62. The number of pyridine rings is 1. The number of hydrogen-bond donors (Lipinski definition) is 1. The summed E-state index contributed by atoms with van der Waals surface area (Å²) in [5.41, 5.74) is 2.08. The normalized spacial score (nSPS) is 19.2. The SMILES string of the molecule is CC(C)c1ncnc(C(C)C)c1-n1c(=O)nc(N2C[C@@H](C)N[C@@H](C)C2)c2cc(Cl)c(Cl)nc21. The van der Waals surface area contributed by atoms with Crippen molar-refractivity contribution in [1.82, 2.24) is 29.8 Å². The number of piperazine rings is 1. The molecule has 1 aliphatic heterocycles. The molecule has 0 saturated carbocycles. The van der Waals surface area contributed by atoms with E-state index in [9.17, 15) is 4.79 Å². The molecular weight excluding hydrogens is 461 g/mol. The minimum Gasteiger partial charge on any atom is -0.353 e. The van der Waals surface area contributed by atoms with Gasteiger partial charge in [-0.05, 0) is 31.7 Å². The van der Waals surface area contributed by atoms with E-state index in [1.54, 1.807) is 12.4 Å². The quantitative estimate of drug-likeness (QED) is 0.545. The molecule has 0 aliphatic carbocycles. The molecule has 1 saturated heterocycles. The highest BCUT2D eigenvalue weighted by atomic mass is 35.5. The van der Waals surface area contributed by atoms with Crippen molar-refractivity contribution in [1.29, 1.82) is 0 Å². The largest absolute Gasteiger partial charge is 0.355 e. The van der Waals surface area contributed by atoms with Crippen LogP contribution in [0.5, 0.6) is 0 Å². The minimum absolute atomic E-state index is 0.0553. The second kappa shape index (κ2) is 9.16. The molecule has 4 heterocycles. The fraction of sp³-hybridized carbons (Fsp3) is 0.522. The highest BCUT2D eigenvalue weighted by Crippen LogP contribution is 2.34. The van der Waals surface area contributed by atoms with Crippen LogP contribution >= 0.6 is 23.2 Å². The monoisotopic (exact) mass is 489 g/mol. The average Bonchev–Trinajstić information content (AvgIpc) is 2.73. The smallest absolute Gasteiger partial charge is 0.353 e. The van der Waals surface area contributed by atoms with Crippen molar-refractivity contribution in [2.24, 2.45) is 0 Å². The molecule has 1 N–H and O–H groups in total. The highest BCUT2D eigenvalue weighted by molar-refractivity contribution is 6.41. The molecule has 10 heteroatoms. The fourth-order valence-corrected chi connectivity index (χ4v) is 4.79. The van der Waals surface area contributed by atoms with Crippen molar-refractivity contribution in [2.75, 3.05) is 18.0 Å². The van der Waals surface area contributed by atoms with Gasteiger partial charge in [0.25, 0.3) is 0 Å². The molecule has 0 spiro atoms. The van der Waals surface area contributed by atoms with Crippen LogP contribution in [0.15, 0.2) is 17.2 Å². The molecule has 33 heavy (non-hydrogen) atoms. The zero-order valence-electron chi connectivity index (χ0n) is 19.7. The third kappa shape index (κ3) is 4.44. The maximum atomic E-state index is 13.6. The lowest BCUT2D eigenvalue weighted by atomic mass is 10.0. The Balaban J connectivity index is 2.09. The Morgan fingerprint density at radius 1 is 1.00 bits per heavy atom. The topological polar surface area (TPSA) is 88.8 Å². The lowest BCUT2D eigenvalue weighted by molar-refractivity contribution is 0.405. The number of nitrogens with one attached hydrogen (secondary N) is 1. The van der Waals surface area contributed by atoms with Gasteiger partial charge in [-0.3, -0.25) is 0 Å². The lowest BCUT2D eigenvalue weighted by Crippen LogP contribution is -2.55. The molecule has 0 radical (unpaired) electrons. The summed E-state index contributed by atoms with van der Waals surface area (Å²) in [5, 5.41) is 4.61. The van der Waals surface area contributed by atoms with Gasteiger partial charge in [0.05, 0.1) is 27.5 Å². The third-order valence-electron chi connectivity index (χ3n) is 5.81. The second-order valence-electron chi connectivity index (χ2n) is 9.36. The van der Waals surface area contributed by atoms with Gasteiger partial charge in [-0.25, -0.2) is 24.3 Å². The van der Waals surface area contributed by atoms with Crippen molar-refractivity contribution < 1.29 is 0 Å². The van der Waals surface area contributed by atoms with Gasteiger partial charge < -0.3 is 10.2 Å². The van der Waals surface area contributed by atoms with Crippen LogP contribution in [-0.2, 0) is 0 Å². The standard InChI is InChI=1S/C23H29Cl2N7O/c1-11(2)17-19(18(12(3)4)27-10-26-17)32-22-15(7-16(24)20(25)29-22)21(30-23(32)33)31-8-13(5)28-14(6)9-31/h7,10-14,28H,8-9H2,1-6H3/t13-,14+. The fourth-order valence-electron chi connectivity index (χ4n) is 4.51. The van der Waals surface area contributed by atoms with E-state index in [0.29, 0.717) is 40.7 Å². The van der Waals surface area contributed by atoms with Crippen molar-refractivity contribution >= 4 is 40.1 Å². The number of anilines is 1. The number of nitrogens with zero attached hydrogens (tertiary/aromatic N) is 6. The summed E-state index contributed by atoms with van der Waals surface area (Å²) in [6.45, 7) is 13.8. The van der Waals surface area contributed by atoms with Crippen LogP contribution in [0.4, 0.5) is 5.82 Å². The van der Waals surface area contributed by atoms with Crippen LogP contribution < -0.4 is 15.9 Å². The Morgan fingerprint density at radius 2 is 1.58 bits per heavy atom. The molecular formula is C23H29Cl2N7O. The minimum atomic E-state index is -0.444. The molecule has 2 atom stereocenters. The number of halogens is 2. The Morgan fingerprint density at radius 3 is 2.12 bits per heavy atom. The van der Waals surface area contributed by atoms with E-state index in [2.05, 4.69) is 44.0 Å². The molecule has 4 rings (SSSR count). The van der Waals surface area contributed by atoms with Gasteiger partial charge >= 0.3 is 5.69 Å². The maximum Gasteiger partial charge on any atom is 0.355 e. The van der Waals surface area contributed by atoms with Crippen LogP contribution in [0.3, 0.4) is 0 Å². The number of rotatable bonds is 4. The van der Waals surface area contributed by atoms with E-state index >= 15 is 0 Å². The van der Waals surface area contributed by atoms with Gasteiger partial charge in [0.2, 0.25) is 0 Å². The summed E-state index contributed by atoms with van der Waals surface area (Å²) in [6, 6.07) is 2.23. The molecule has 3 aromatic heterocycles. The summed E-state index contributed by atoms with van der Waals surface area (Å²) < 4.78 is 1.50. The van der Waals surface area contributed by atoms with Gasteiger partial charge in [0.1, 0.15) is 17.3 Å². The van der Waals surface area contributed by atoms with Crippen molar-refractivity contribution in [3.63, 3.8) is 0 Å². The number of fused-ring (bicyclic) bond motifs is 1. The van der Waals surface area contributed by atoms with Crippen LogP contribution in [0.1, 0.15) is 64.8 Å². The van der Waals surface area contributed by atoms with Crippen molar-refractivity contribution in [3.8, 4) is 5.69 Å². The van der Waals surface area contributed by atoms with Gasteiger partial charge in [-0.15, -0.1) is 0 Å². The maximum absolute atomic E-state index is 13.6. The van der Waals surface area contributed by atoms with Crippen LogP contribution in [0.2, 0.25) is 10.2 Å². The lowest BCUT2D eigenvalue weighted by Gasteiger charge is -2.37. The zero-order chi connectivity index (χ0) is 24.0. The summed E-state index contributed by atoms with van der Waals surface area (Å²) in [4.78, 5) is 33.9. The van der Waals surface area contributed by atoms with Gasteiger partial charge in [0, 0.05) is 25.2 Å². The Bertz CT molecular complexity index is 1220. The molecule has 0 bridgehead atoms. The molecule has 176 valence electrons. The van der Waals surface area contributed by atoms with Crippen molar-refractivity contribution in [2.45, 2.75) is 65.5 Å². The van der Waals surface area contributed by atoms with E-state index in [1.165, 1.54) is 4.57 Å². The van der Waals surface area contributed by atoms with Crippen LogP contribution in [-0.4, -0.2) is 49.7 Å². The van der Waals surface area contributed by atoms with Gasteiger partial charge in [-0.2, -0.15) is 4.98 Å². The molecule has 0 amide bonds. The molecule has 8 nitrogen and oxygen atoms in total. The van der Waals surface area contributed by atoms with Crippen LogP contribution in [0, 0.1) is 0 Å². The predicted molar refractivity (Wildman–Crippen MR) is 133 cm³/mol. The first-order valence-electron chi connectivity index (χ1n) is 11.2. The van der Waals surface area contributed by atoms with E-state index in [4.69, 9.17) is 23.2 Å². The highest BCUT2D eigenvalue weighted by Gasteiger charge is 2.28. The Hall–Kier alpha value is -2.29. The number of aromatic nitrogens is 5. The molecule has 3 aromatic rings. The third-order valence-corrected chi connectivity index (χ3v) is 6.48. The van der Waals surface area contributed by atoms with E-state index in [1.807, 2.05) is 27.7 Å². The van der Waals surface area contributed by atoms with Gasteiger partial charge in [-0.1, -0.05) is 50.9 Å². The molecule has 1 fully saturated rings.